The van der Waals surface area contributed by atoms with Crippen LogP contribution in [0.5, 0.6) is 11.5 Å². The molecule has 2 heterocycles. The molecule has 0 aliphatic heterocycles. The summed E-state index contributed by atoms with van der Waals surface area (Å²) < 4.78 is 21.5. The molecule has 0 aliphatic rings. The zero-order valence-electron chi connectivity index (χ0n) is 55.4. The molecule has 0 saturated carbocycles. The van der Waals surface area contributed by atoms with Gasteiger partial charge in [-0.1, -0.05) is 41.5 Å². The summed E-state index contributed by atoms with van der Waals surface area (Å²) in [5.41, 5.74) is 4.19. The van der Waals surface area contributed by atoms with Crippen LogP contribution >= 0.6 is 0 Å². The highest BCUT2D eigenvalue weighted by molar-refractivity contribution is 5.87. The van der Waals surface area contributed by atoms with E-state index in [0.29, 0.717) is 93.7 Å². The number of urea groups is 2. The number of azo groups is 2. The van der Waals surface area contributed by atoms with Crippen LogP contribution in [0.1, 0.15) is 78.6 Å². The molecular weight excluding hydrogens is 1210 g/mol. The first kappa shape index (κ1) is 74.8. The van der Waals surface area contributed by atoms with E-state index in [-0.39, 0.29) is 72.1 Å². The Morgan fingerprint density at radius 1 is 0.521 bits per heavy atom. The van der Waals surface area contributed by atoms with Crippen LogP contribution < -0.4 is 62.3 Å². The van der Waals surface area contributed by atoms with Crippen molar-refractivity contribution in [3.8, 4) is 11.5 Å². The third kappa shape index (κ3) is 29.1. The Morgan fingerprint density at radius 3 is 1.17 bits per heavy atom. The molecule has 2 unspecified atom stereocenters. The molecular formula is C66H92N16O12. The predicted octanol–water partition coefficient (Wildman–Crippen LogP) is 10.6. The molecule has 508 valence electrons. The highest BCUT2D eigenvalue weighted by Gasteiger charge is 2.25. The van der Waals surface area contributed by atoms with Crippen LogP contribution in [0.4, 0.5) is 65.2 Å². The Labute approximate surface area is 548 Å². The molecule has 6 rings (SSSR count). The summed E-state index contributed by atoms with van der Waals surface area (Å²) in [6.45, 7) is 18.9. The molecule has 6 aromatic rings. The molecule has 2 aromatic heterocycles. The second kappa shape index (κ2) is 38.8. The van der Waals surface area contributed by atoms with E-state index in [0.717, 1.165) is 41.3 Å². The molecule has 94 heavy (non-hydrogen) atoms. The zero-order chi connectivity index (χ0) is 68.5. The van der Waals surface area contributed by atoms with Crippen molar-refractivity contribution in [3.05, 3.63) is 141 Å². The van der Waals surface area contributed by atoms with Gasteiger partial charge in [-0.05, 0) is 159 Å². The lowest BCUT2D eigenvalue weighted by Crippen LogP contribution is -2.38. The smallest absolute Gasteiger partial charge is 0.407 e. The van der Waals surface area contributed by atoms with Crippen molar-refractivity contribution in [2.45, 2.75) is 81.1 Å². The van der Waals surface area contributed by atoms with Gasteiger partial charge in [-0.3, -0.25) is 30.2 Å². The highest BCUT2D eigenvalue weighted by Crippen LogP contribution is 2.29. The number of nitrogens with zero attached hydrogens (tertiary/aromatic N) is 8. The van der Waals surface area contributed by atoms with Crippen LogP contribution in [0.15, 0.2) is 139 Å². The summed E-state index contributed by atoms with van der Waals surface area (Å²) >= 11 is 0. The lowest BCUT2D eigenvalue weighted by Gasteiger charge is -2.29. The largest absolute Gasteiger partial charge is 0.497 e. The van der Waals surface area contributed by atoms with Crippen LogP contribution in [0.3, 0.4) is 0 Å². The number of ether oxygens (including phenoxy) is 4. The summed E-state index contributed by atoms with van der Waals surface area (Å²) in [5, 5.41) is 51.5. The van der Waals surface area contributed by atoms with E-state index in [1.54, 1.807) is 52.3 Å². The highest BCUT2D eigenvalue weighted by atomic mass is 16.6. The van der Waals surface area contributed by atoms with Crippen molar-refractivity contribution in [3.63, 3.8) is 0 Å². The lowest BCUT2D eigenvalue weighted by molar-refractivity contribution is 0.136. The van der Waals surface area contributed by atoms with E-state index in [4.69, 9.17) is 29.2 Å². The topological polar surface area (TPSA) is 365 Å². The molecule has 0 fully saturated rings. The molecule has 28 heteroatoms. The second-order valence-electron chi connectivity index (χ2n) is 24.0. The number of hydrogen-bond donors (Lipinski definition) is 10. The van der Waals surface area contributed by atoms with Gasteiger partial charge in [0.2, 0.25) is 11.9 Å². The van der Waals surface area contributed by atoms with Crippen LogP contribution in [0.25, 0.3) is 0 Å². The van der Waals surface area contributed by atoms with Crippen molar-refractivity contribution in [2.24, 2.45) is 43.1 Å². The number of rotatable bonds is 34. The first-order valence-corrected chi connectivity index (χ1v) is 31.0. The second-order valence-corrected chi connectivity index (χ2v) is 24.0. The van der Waals surface area contributed by atoms with Gasteiger partial charge >= 0.3 is 24.2 Å². The number of hydrogen-bond acceptors (Lipinski definition) is 20. The number of carbonyl (C=O) groups is 4. The summed E-state index contributed by atoms with van der Waals surface area (Å²) in [6, 6.07) is 31.1. The van der Waals surface area contributed by atoms with E-state index in [9.17, 15) is 28.8 Å². The molecule has 4 aromatic carbocycles. The minimum atomic E-state index is -0.565. The number of aliphatic hydroxyl groups excluding tert-OH is 2. The average Bonchev–Trinajstić information content (AvgIpc) is 1.13. The van der Waals surface area contributed by atoms with Gasteiger partial charge in [0, 0.05) is 74.2 Å². The number of aliphatic hydroxyl groups is 2. The van der Waals surface area contributed by atoms with E-state index in [1.165, 1.54) is 12.1 Å². The minimum absolute atomic E-state index is 0.0406. The predicted molar refractivity (Wildman–Crippen MR) is 362 cm³/mol. The van der Waals surface area contributed by atoms with Crippen molar-refractivity contribution in [1.82, 2.24) is 41.2 Å². The number of benzene rings is 4. The maximum Gasteiger partial charge on any atom is 0.407 e. The van der Waals surface area contributed by atoms with Crippen molar-refractivity contribution in [1.29, 1.82) is 0 Å². The van der Waals surface area contributed by atoms with E-state index in [1.807, 2.05) is 110 Å². The summed E-state index contributed by atoms with van der Waals surface area (Å²) in [4.78, 5) is 90.8. The Kier molecular flexibility index (Phi) is 30.9. The third-order valence-corrected chi connectivity index (χ3v) is 14.3. The van der Waals surface area contributed by atoms with Gasteiger partial charge in [0.05, 0.1) is 63.3 Å². The third-order valence-electron chi connectivity index (χ3n) is 14.3. The van der Waals surface area contributed by atoms with Crippen molar-refractivity contribution < 1.29 is 48.3 Å². The van der Waals surface area contributed by atoms with Gasteiger partial charge in [-0.2, -0.15) is 20.5 Å². The fraction of sp³-hybridized carbons (Fsp3) is 0.455. The number of methoxy groups -OCH3 is 2. The quantitative estimate of drug-likeness (QED) is 0.0168. The van der Waals surface area contributed by atoms with Gasteiger partial charge in [0.25, 0.3) is 11.1 Å². The minimum Gasteiger partial charge on any atom is -0.497 e. The number of amides is 6. The molecule has 6 amide bonds. The Hall–Kier alpha value is -9.96. The molecule has 0 aliphatic carbocycles. The monoisotopic (exact) mass is 1300 g/mol. The Morgan fingerprint density at radius 2 is 0.851 bits per heavy atom. The number of nitrogens with one attached hydrogen (secondary N) is 8. The summed E-state index contributed by atoms with van der Waals surface area (Å²) in [6.07, 6.45) is 1.77. The normalized spacial score (nSPS) is 12.0. The Balaban J connectivity index is 0.000000581. The fourth-order valence-corrected chi connectivity index (χ4v) is 9.87. The molecule has 0 radical (unpaired) electrons. The van der Waals surface area contributed by atoms with Crippen LogP contribution in [0, 0.1) is 36.5 Å². The first-order chi connectivity index (χ1) is 44.9. The molecule has 0 bridgehead atoms. The molecule has 0 spiro atoms. The average molecular weight is 1300 g/mol. The molecule has 28 nitrogen and oxygen atoms in total. The maximum absolute atomic E-state index is 12.9. The molecule has 10 N–H and O–H groups in total. The fourth-order valence-electron chi connectivity index (χ4n) is 9.87. The summed E-state index contributed by atoms with van der Waals surface area (Å²) in [5.74, 6) is 2.07. The van der Waals surface area contributed by atoms with E-state index in [2.05, 4.69) is 86.1 Å². The van der Waals surface area contributed by atoms with Crippen LogP contribution in [-0.2, 0) is 9.47 Å². The lowest BCUT2D eigenvalue weighted by atomic mass is 9.82. The molecule has 0 saturated heterocycles. The summed E-state index contributed by atoms with van der Waals surface area (Å²) in [7, 11) is 3.22. The van der Waals surface area contributed by atoms with Crippen molar-refractivity contribution >= 4 is 70.3 Å². The van der Waals surface area contributed by atoms with Gasteiger partial charge in [-0.25, -0.2) is 29.1 Å². The number of anilines is 4. The van der Waals surface area contributed by atoms with Gasteiger partial charge in [-0.15, -0.1) is 0 Å². The first-order valence-electron chi connectivity index (χ1n) is 31.0. The number of aromatic amines is 2. The standard InChI is InChI=1S/C49H71N13O9.C17H21N3O3/c1-32(18-20-50-44(65)58-42-54-34(3)26-40(63)56-42)28-48(5,6)30-52-46(67)70-24-22-62(38-14-10-36(11-15-38)60-61-37-12-16-39(69-9)17-13-37)23-25-71-47(68)53-31-49(7,8)29-33(2)19-21-51-45(66)59-43-55-35(4)27-41(64)57-43;1-23-17-8-4-15(5-9-17)19-18-14-2-6-16(7-3-14)20(10-12-21)11-13-22/h10-17,26-27,32-33H,18-25,28-31H2,1-9H3,(H,52,67)(H,53,68)(H3,50,54,56,58,63,65)(H3,51,55,57,59,64,66);2-9,21-22H,10-13H2,1H3. The van der Waals surface area contributed by atoms with Gasteiger partial charge < -0.3 is 60.2 Å². The number of aromatic nitrogens is 4. The van der Waals surface area contributed by atoms with Crippen LogP contribution in [0.2, 0.25) is 0 Å². The number of carbonyl (C=O) groups excluding carboxylic acids is 4. The maximum atomic E-state index is 12.9. The van der Waals surface area contributed by atoms with Crippen molar-refractivity contribution in [2.75, 3.05) is 113 Å². The number of alkyl carbamates (subject to hydrolysis) is 2. The number of H-pyrrole nitrogens is 2. The number of aryl methyl sites for hydroxylation is 2. The van der Waals surface area contributed by atoms with E-state index >= 15 is 0 Å². The van der Waals surface area contributed by atoms with Crippen LogP contribution in [-0.4, -0.2) is 147 Å². The van der Waals surface area contributed by atoms with E-state index < -0.39 is 24.2 Å². The van der Waals surface area contributed by atoms with Gasteiger partial charge in [0.15, 0.2) is 0 Å². The molecule has 2 atom stereocenters. The van der Waals surface area contributed by atoms with Gasteiger partial charge in [0.1, 0.15) is 24.7 Å². The SMILES string of the molecule is COc1ccc(N=Nc2ccc(N(CCO)CCO)cc2)cc1.COc1ccc(N=Nc2ccc(N(CCOC(=O)NCC(C)(C)CC(C)CCNC(=O)Nc3nc(C)cc(=O)[nH]3)CCOC(=O)NCC(C)(C)CC(C)CCNC(=O)Nc3nc(C)cc(=O)[nH]3)cc2)cc1. The zero-order valence-corrected chi connectivity index (χ0v) is 55.4. The Bertz CT molecular complexity index is 3350.